The summed E-state index contributed by atoms with van der Waals surface area (Å²) in [5, 5.41) is 21.1. The molecule has 18 heavy (non-hydrogen) atoms. The molecule has 0 aliphatic carbocycles. The minimum Gasteiger partial charge on any atom is -0.409 e. The maximum absolute atomic E-state index is 9.73. The molecule has 6 heteroatoms. The normalized spacial score (nSPS) is 26.1. The lowest BCUT2D eigenvalue weighted by molar-refractivity contribution is 0.171. The number of aliphatic hydroxyl groups is 1. The zero-order valence-corrected chi connectivity index (χ0v) is 11.4. The van der Waals surface area contributed by atoms with Crippen LogP contribution in [0.2, 0.25) is 0 Å². The zero-order chi connectivity index (χ0) is 13.5. The van der Waals surface area contributed by atoms with Crippen molar-refractivity contribution in [2.45, 2.75) is 37.8 Å². The minimum atomic E-state index is -0.195. The molecule has 0 amide bonds. The van der Waals surface area contributed by atoms with Gasteiger partial charge in [-0.1, -0.05) is 5.16 Å². The highest BCUT2D eigenvalue weighted by atomic mass is 16.4. The number of unbranched alkanes of at least 4 members (excludes halogenated alkanes) is 1. The third kappa shape index (κ3) is 5.20. The number of amidine groups is 1. The molecular formula is C12H26N4O2. The number of rotatable bonds is 7. The van der Waals surface area contributed by atoms with E-state index in [1.165, 1.54) is 0 Å². The number of nitrogens with two attached hydrogens (primary N) is 1. The predicted molar refractivity (Wildman–Crippen MR) is 71.8 cm³/mol. The lowest BCUT2D eigenvalue weighted by Crippen LogP contribution is -2.38. The largest absolute Gasteiger partial charge is 0.409 e. The molecule has 0 saturated carbocycles. The summed E-state index contributed by atoms with van der Waals surface area (Å²) in [6, 6.07) is 0.443. The van der Waals surface area contributed by atoms with Crippen molar-refractivity contribution in [2.75, 3.05) is 33.7 Å². The summed E-state index contributed by atoms with van der Waals surface area (Å²) in [6.45, 7) is 2.72. The van der Waals surface area contributed by atoms with Gasteiger partial charge in [-0.2, -0.15) is 0 Å². The van der Waals surface area contributed by atoms with Gasteiger partial charge in [-0.25, -0.2) is 0 Å². The van der Waals surface area contributed by atoms with Gasteiger partial charge in [0.2, 0.25) is 0 Å². The maximum atomic E-state index is 9.73. The molecule has 6 nitrogen and oxygen atoms in total. The van der Waals surface area contributed by atoms with E-state index >= 15 is 0 Å². The second kappa shape index (κ2) is 7.56. The van der Waals surface area contributed by atoms with E-state index < -0.39 is 0 Å². The zero-order valence-electron chi connectivity index (χ0n) is 11.4. The number of oxime groups is 1. The molecule has 1 saturated heterocycles. The average molecular weight is 258 g/mol. The highest BCUT2D eigenvalue weighted by Crippen LogP contribution is 2.19. The highest BCUT2D eigenvalue weighted by molar-refractivity contribution is 5.79. The Morgan fingerprint density at radius 2 is 2.17 bits per heavy atom. The second-order valence-electron chi connectivity index (χ2n) is 5.35. The molecule has 1 aliphatic rings. The smallest absolute Gasteiger partial charge is 0.139 e. The Labute approximate surface area is 109 Å². The summed E-state index contributed by atoms with van der Waals surface area (Å²) >= 11 is 0. The summed E-state index contributed by atoms with van der Waals surface area (Å²) in [7, 11) is 4.11. The first-order chi connectivity index (χ1) is 8.52. The lowest BCUT2D eigenvalue weighted by atomic mass is 10.1. The van der Waals surface area contributed by atoms with Crippen molar-refractivity contribution in [1.29, 1.82) is 0 Å². The van der Waals surface area contributed by atoms with Gasteiger partial charge in [-0.3, -0.25) is 4.90 Å². The fourth-order valence-electron chi connectivity index (χ4n) is 2.51. The molecule has 2 atom stereocenters. The Morgan fingerprint density at radius 1 is 1.44 bits per heavy atom. The van der Waals surface area contributed by atoms with Crippen LogP contribution in [0, 0.1) is 0 Å². The molecule has 0 aromatic heterocycles. The molecule has 0 radical (unpaired) electrons. The van der Waals surface area contributed by atoms with Crippen LogP contribution in [0.15, 0.2) is 5.16 Å². The van der Waals surface area contributed by atoms with E-state index in [0.717, 1.165) is 38.9 Å². The first-order valence-corrected chi connectivity index (χ1v) is 6.56. The van der Waals surface area contributed by atoms with E-state index in [0.29, 0.717) is 18.3 Å². The number of likely N-dealkylation sites (tertiary alicyclic amines) is 1. The summed E-state index contributed by atoms with van der Waals surface area (Å²) < 4.78 is 0. The molecule has 2 unspecified atom stereocenters. The summed E-state index contributed by atoms with van der Waals surface area (Å²) in [6.07, 6.45) is 3.22. The van der Waals surface area contributed by atoms with Crippen LogP contribution in [-0.4, -0.2) is 71.8 Å². The fourth-order valence-corrected chi connectivity index (χ4v) is 2.51. The molecule has 0 aromatic rings. The van der Waals surface area contributed by atoms with E-state index in [1.807, 2.05) is 0 Å². The number of nitrogens with zero attached hydrogens (tertiary/aromatic N) is 3. The van der Waals surface area contributed by atoms with Crippen molar-refractivity contribution in [1.82, 2.24) is 9.80 Å². The van der Waals surface area contributed by atoms with Crippen LogP contribution in [0.4, 0.5) is 0 Å². The minimum absolute atomic E-state index is 0.195. The standard InChI is InChI=1S/C12H26N4O2/c1-15(2)8-10-7-11(17)9-16(10)6-4-3-5-12(13)14-18/h10-11,17-18H,3-9H2,1-2H3,(H2,13,14). The Balaban J connectivity index is 2.26. The molecular weight excluding hydrogens is 232 g/mol. The Bertz CT molecular complexity index is 271. The Hall–Kier alpha value is -0.850. The Morgan fingerprint density at radius 3 is 2.78 bits per heavy atom. The van der Waals surface area contributed by atoms with Gasteiger partial charge >= 0.3 is 0 Å². The number of aliphatic hydroxyl groups excluding tert-OH is 1. The number of likely N-dealkylation sites (N-methyl/N-ethyl adjacent to an activating group) is 1. The topological polar surface area (TPSA) is 85.3 Å². The van der Waals surface area contributed by atoms with Crippen LogP contribution < -0.4 is 5.73 Å². The molecule has 1 aliphatic heterocycles. The third-order valence-electron chi connectivity index (χ3n) is 3.34. The van der Waals surface area contributed by atoms with E-state index in [1.54, 1.807) is 0 Å². The van der Waals surface area contributed by atoms with Crippen molar-refractivity contribution in [3.8, 4) is 0 Å². The van der Waals surface area contributed by atoms with E-state index in [2.05, 4.69) is 29.1 Å². The SMILES string of the molecule is CN(C)CC1CC(O)CN1CCCCC(N)=NO. The molecule has 4 N–H and O–H groups in total. The monoisotopic (exact) mass is 258 g/mol. The first kappa shape index (κ1) is 15.2. The predicted octanol–water partition coefficient (Wildman–Crippen LogP) is -0.100. The van der Waals surface area contributed by atoms with Gasteiger partial charge in [-0.15, -0.1) is 0 Å². The van der Waals surface area contributed by atoms with E-state index in [9.17, 15) is 5.11 Å². The van der Waals surface area contributed by atoms with Crippen LogP contribution >= 0.6 is 0 Å². The molecule has 0 spiro atoms. The van der Waals surface area contributed by atoms with Crippen molar-refractivity contribution in [3.63, 3.8) is 0 Å². The average Bonchev–Trinajstić information content (AvgIpc) is 2.63. The van der Waals surface area contributed by atoms with Crippen molar-refractivity contribution in [3.05, 3.63) is 0 Å². The number of hydrogen-bond acceptors (Lipinski definition) is 5. The summed E-state index contributed by atoms with van der Waals surface area (Å²) in [5.74, 6) is 0.293. The number of β-amino-alcohol motifs (C(OH)–C–C–N with tert-alkyl or cyclic N) is 1. The lowest BCUT2D eigenvalue weighted by Gasteiger charge is -2.26. The summed E-state index contributed by atoms with van der Waals surface area (Å²) in [5.41, 5.74) is 5.42. The van der Waals surface area contributed by atoms with Crippen LogP contribution in [0.1, 0.15) is 25.7 Å². The van der Waals surface area contributed by atoms with Crippen molar-refractivity contribution < 1.29 is 10.3 Å². The van der Waals surface area contributed by atoms with Gasteiger partial charge in [0.1, 0.15) is 5.84 Å². The quantitative estimate of drug-likeness (QED) is 0.195. The molecule has 106 valence electrons. The number of hydrogen-bond donors (Lipinski definition) is 3. The third-order valence-corrected chi connectivity index (χ3v) is 3.34. The molecule has 0 bridgehead atoms. The molecule has 1 heterocycles. The van der Waals surface area contributed by atoms with Crippen LogP contribution in [-0.2, 0) is 0 Å². The highest BCUT2D eigenvalue weighted by Gasteiger charge is 2.30. The van der Waals surface area contributed by atoms with Gasteiger partial charge in [0.25, 0.3) is 0 Å². The van der Waals surface area contributed by atoms with Gasteiger partial charge < -0.3 is 20.9 Å². The van der Waals surface area contributed by atoms with Crippen molar-refractivity contribution >= 4 is 5.84 Å². The maximum Gasteiger partial charge on any atom is 0.139 e. The molecule has 1 fully saturated rings. The molecule has 1 rings (SSSR count). The van der Waals surface area contributed by atoms with Crippen LogP contribution in [0.5, 0.6) is 0 Å². The van der Waals surface area contributed by atoms with Crippen LogP contribution in [0.3, 0.4) is 0 Å². The van der Waals surface area contributed by atoms with Gasteiger partial charge in [0.15, 0.2) is 0 Å². The van der Waals surface area contributed by atoms with E-state index in [4.69, 9.17) is 10.9 Å². The van der Waals surface area contributed by atoms with Gasteiger partial charge in [-0.05, 0) is 39.9 Å². The molecule has 0 aromatic carbocycles. The fraction of sp³-hybridized carbons (Fsp3) is 0.917. The first-order valence-electron chi connectivity index (χ1n) is 6.56. The van der Waals surface area contributed by atoms with Crippen molar-refractivity contribution in [2.24, 2.45) is 10.9 Å². The summed E-state index contributed by atoms with van der Waals surface area (Å²) in [4.78, 5) is 4.50. The van der Waals surface area contributed by atoms with Gasteiger partial charge in [0.05, 0.1) is 6.10 Å². The second-order valence-corrected chi connectivity index (χ2v) is 5.35. The Kier molecular flexibility index (Phi) is 6.38. The van der Waals surface area contributed by atoms with Crippen LogP contribution in [0.25, 0.3) is 0 Å². The van der Waals surface area contributed by atoms with E-state index in [-0.39, 0.29) is 6.10 Å². The van der Waals surface area contributed by atoms with Gasteiger partial charge in [0, 0.05) is 25.6 Å².